The first-order chi connectivity index (χ1) is 14.9. The Morgan fingerprint density at radius 1 is 1.25 bits per heavy atom. The Kier molecular flexibility index (Phi) is 6.92. The van der Waals surface area contributed by atoms with E-state index < -0.39 is 41.0 Å². The number of fused-ring (bicyclic) bond motifs is 1. The lowest BCUT2D eigenvalue weighted by atomic mass is 9.96. The highest BCUT2D eigenvalue weighted by molar-refractivity contribution is 8.01. The number of β-lactam (4-membered cyclic amide) rings is 1. The van der Waals surface area contributed by atoms with E-state index in [1.807, 2.05) is 25.3 Å². The Bertz CT molecular complexity index is 923. The first-order valence-electron chi connectivity index (χ1n) is 10.3. The van der Waals surface area contributed by atoms with Crippen molar-refractivity contribution in [2.75, 3.05) is 6.79 Å². The molecule has 3 heterocycles. The molecule has 0 bridgehead atoms. The SMILES string of the molecule is CC(C)(C)C(=O)OCOC(=O)[C@@H]1N2C(=O)C(NC(=O)Cc3ccsc3CN)[C@H]2SC1(C)C. The van der Waals surface area contributed by atoms with Crippen LogP contribution in [0.1, 0.15) is 45.1 Å². The van der Waals surface area contributed by atoms with Gasteiger partial charge in [0.25, 0.3) is 0 Å². The number of nitrogens with zero attached hydrogens (tertiary/aromatic N) is 1. The largest absolute Gasteiger partial charge is 0.427 e. The van der Waals surface area contributed by atoms with Crippen LogP contribution in [-0.4, -0.2) is 57.7 Å². The van der Waals surface area contributed by atoms with Gasteiger partial charge in [-0.25, -0.2) is 4.79 Å². The minimum Gasteiger partial charge on any atom is -0.427 e. The van der Waals surface area contributed by atoms with Crippen LogP contribution in [0.3, 0.4) is 0 Å². The summed E-state index contributed by atoms with van der Waals surface area (Å²) in [6.07, 6.45) is 0.144. The van der Waals surface area contributed by atoms with Gasteiger partial charge in [-0.2, -0.15) is 0 Å². The lowest BCUT2D eigenvalue weighted by Crippen LogP contribution is -2.70. The van der Waals surface area contributed by atoms with Gasteiger partial charge in [0.2, 0.25) is 18.6 Å². The summed E-state index contributed by atoms with van der Waals surface area (Å²) in [5.41, 5.74) is 5.83. The molecule has 2 aliphatic rings. The van der Waals surface area contributed by atoms with E-state index >= 15 is 0 Å². The zero-order valence-corrected chi connectivity index (χ0v) is 20.4. The number of thioether (sulfide) groups is 1. The molecule has 176 valence electrons. The van der Waals surface area contributed by atoms with Crippen molar-refractivity contribution in [2.24, 2.45) is 11.1 Å². The summed E-state index contributed by atoms with van der Waals surface area (Å²) in [6, 6.07) is 0.309. The minimum absolute atomic E-state index is 0.144. The van der Waals surface area contributed by atoms with Gasteiger partial charge in [0.05, 0.1) is 11.8 Å². The number of nitrogens with two attached hydrogens (primary N) is 1. The first-order valence-corrected chi connectivity index (χ1v) is 12.0. The number of amides is 2. The van der Waals surface area contributed by atoms with E-state index in [-0.39, 0.29) is 23.6 Å². The maximum Gasteiger partial charge on any atom is 0.333 e. The molecule has 3 atom stereocenters. The monoisotopic (exact) mass is 483 g/mol. The van der Waals surface area contributed by atoms with Crippen molar-refractivity contribution >= 4 is 46.9 Å². The quantitative estimate of drug-likeness (QED) is 0.338. The molecule has 1 aromatic heterocycles. The highest BCUT2D eigenvalue weighted by atomic mass is 32.2. The number of ether oxygens (including phenoxy) is 2. The summed E-state index contributed by atoms with van der Waals surface area (Å²) in [7, 11) is 0. The predicted octanol–water partition coefficient (Wildman–Crippen LogP) is 1.39. The third-order valence-electron chi connectivity index (χ3n) is 5.36. The van der Waals surface area contributed by atoms with Gasteiger partial charge >= 0.3 is 11.9 Å². The van der Waals surface area contributed by atoms with Gasteiger partial charge < -0.3 is 25.4 Å². The number of hydrogen-bond acceptors (Lipinski definition) is 9. The van der Waals surface area contributed by atoms with Crippen LogP contribution in [0.25, 0.3) is 0 Å². The van der Waals surface area contributed by atoms with Crippen LogP contribution in [0, 0.1) is 5.41 Å². The fourth-order valence-corrected chi connectivity index (χ4v) is 6.07. The molecular weight excluding hydrogens is 454 g/mol. The van der Waals surface area contributed by atoms with Crippen LogP contribution in [-0.2, 0) is 41.6 Å². The highest BCUT2D eigenvalue weighted by Gasteiger charge is 2.64. The Hall–Kier alpha value is -2.11. The third kappa shape index (κ3) is 4.79. The Labute approximate surface area is 195 Å². The molecule has 9 nitrogen and oxygen atoms in total. The fraction of sp³-hybridized carbons (Fsp3) is 0.619. The van der Waals surface area contributed by atoms with E-state index in [2.05, 4.69) is 5.32 Å². The van der Waals surface area contributed by atoms with Crippen molar-refractivity contribution in [1.82, 2.24) is 10.2 Å². The summed E-state index contributed by atoms with van der Waals surface area (Å²) in [5.74, 6) is -1.74. The van der Waals surface area contributed by atoms with Crippen LogP contribution in [0.15, 0.2) is 11.4 Å². The van der Waals surface area contributed by atoms with Crippen LogP contribution >= 0.6 is 23.1 Å². The number of esters is 2. The number of nitrogens with one attached hydrogen (secondary N) is 1. The van der Waals surface area contributed by atoms with Gasteiger partial charge in [-0.3, -0.25) is 14.4 Å². The smallest absolute Gasteiger partial charge is 0.333 e. The second-order valence-corrected chi connectivity index (χ2v) is 12.1. The maximum absolute atomic E-state index is 12.8. The third-order valence-corrected chi connectivity index (χ3v) is 7.92. The van der Waals surface area contributed by atoms with Crippen molar-refractivity contribution in [1.29, 1.82) is 0 Å². The molecule has 3 N–H and O–H groups in total. The van der Waals surface area contributed by atoms with Gasteiger partial charge in [-0.1, -0.05) is 0 Å². The first kappa shape index (κ1) is 24.5. The average Bonchev–Trinajstić information content (AvgIpc) is 3.24. The van der Waals surface area contributed by atoms with Crippen LogP contribution in [0.4, 0.5) is 0 Å². The summed E-state index contributed by atoms with van der Waals surface area (Å²) in [6.45, 7) is 8.62. The fourth-order valence-electron chi connectivity index (χ4n) is 3.66. The summed E-state index contributed by atoms with van der Waals surface area (Å²) >= 11 is 2.92. The van der Waals surface area contributed by atoms with Crippen molar-refractivity contribution in [3.63, 3.8) is 0 Å². The second-order valence-electron chi connectivity index (χ2n) is 9.32. The van der Waals surface area contributed by atoms with Crippen molar-refractivity contribution in [3.8, 4) is 0 Å². The van der Waals surface area contributed by atoms with E-state index in [1.54, 1.807) is 20.8 Å². The zero-order chi connectivity index (χ0) is 23.8. The minimum atomic E-state index is -0.841. The van der Waals surface area contributed by atoms with E-state index in [1.165, 1.54) is 28.0 Å². The lowest BCUT2D eigenvalue weighted by Gasteiger charge is -2.43. The molecule has 11 heteroatoms. The molecule has 2 amide bonds. The van der Waals surface area contributed by atoms with E-state index in [4.69, 9.17) is 15.2 Å². The van der Waals surface area contributed by atoms with E-state index in [9.17, 15) is 19.2 Å². The molecule has 0 saturated carbocycles. The van der Waals surface area contributed by atoms with Crippen molar-refractivity contribution in [3.05, 3.63) is 21.9 Å². The Balaban J connectivity index is 1.59. The predicted molar refractivity (Wildman–Crippen MR) is 120 cm³/mol. The molecular formula is C21H29N3O6S2. The molecule has 32 heavy (non-hydrogen) atoms. The molecule has 1 aromatic rings. The molecule has 1 unspecified atom stereocenters. The van der Waals surface area contributed by atoms with Crippen molar-refractivity contribution in [2.45, 2.75) is 69.8 Å². The topological polar surface area (TPSA) is 128 Å². The summed E-state index contributed by atoms with van der Waals surface area (Å²) in [4.78, 5) is 52.3. The normalized spacial score (nSPS) is 23.9. The molecule has 2 fully saturated rings. The standard InChI is InChI=1S/C21H29N3O6S2/c1-20(2,3)19(28)30-10-29-18(27)15-21(4,5)32-17-14(16(26)24(15)17)23-13(25)8-11-6-7-31-12(11)9-22/h6-7,14-15,17H,8-10,22H2,1-5H3,(H,23,25)/t14?,15-,17+/m0/s1. The van der Waals surface area contributed by atoms with Gasteiger partial charge in [-0.05, 0) is 51.6 Å². The van der Waals surface area contributed by atoms with Crippen LogP contribution in [0.2, 0.25) is 0 Å². The van der Waals surface area contributed by atoms with Gasteiger partial charge in [0.15, 0.2) is 0 Å². The summed E-state index contributed by atoms with van der Waals surface area (Å²) < 4.78 is 9.52. The number of hydrogen-bond donors (Lipinski definition) is 2. The molecule has 0 aromatic carbocycles. The number of carbonyl (C=O) groups excluding carboxylic acids is 4. The molecule has 2 aliphatic heterocycles. The molecule has 3 rings (SSSR count). The number of rotatable bonds is 7. The highest BCUT2D eigenvalue weighted by Crippen LogP contribution is 2.51. The average molecular weight is 484 g/mol. The van der Waals surface area contributed by atoms with Gasteiger partial charge in [0, 0.05) is 16.2 Å². The molecule has 2 saturated heterocycles. The second kappa shape index (κ2) is 9.03. The number of carbonyl (C=O) groups is 4. The lowest BCUT2D eigenvalue weighted by molar-refractivity contribution is -0.180. The van der Waals surface area contributed by atoms with Crippen molar-refractivity contribution < 1.29 is 28.7 Å². The Morgan fingerprint density at radius 2 is 1.94 bits per heavy atom. The maximum atomic E-state index is 12.8. The Morgan fingerprint density at radius 3 is 2.56 bits per heavy atom. The number of thiophene rings is 1. The van der Waals surface area contributed by atoms with Gasteiger partial charge in [0.1, 0.15) is 17.5 Å². The molecule has 0 radical (unpaired) electrons. The van der Waals surface area contributed by atoms with E-state index in [0.717, 1.165) is 10.4 Å². The van der Waals surface area contributed by atoms with Gasteiger partial charge in [-0.15, -0.1) is 23.1 Å². The van der Waals surface area contributed by atoms with E-state index in [0.29, 0.717) is 6.54 Å². The molecule has 0 spiro atoms. The molecule has 0 aliphatic carbocycles. The summed E-state index contributed by atoms with van der Waals surface area (Å²) in [5, 5.41) is 4.30. The zero-order valence-electron chi connectivity index (χ0n) is 18.8. The van der Waals surface area contributed by atoms with Crippen LogP contribution < -0.4 is 11.1 Å². The van der Waals surface area contributed by atoms with Crippen LogP contribution in [0.5, 0.6) is 0 Å².